The molecule has 1 N–H and O–H groups in total. The SMILES string of the molecule is COc1cc(OCc2ccccc2)ccc1C(=O)OCC1CC(O)CC(OC)O1. The number of aliphatic hydroxyl groups is 1. The Morgan fingerprint density at radius 3 is 2.66 bits per heavy atom. The van der Waals surface area contributed by atoms with Gasteiger partial charge in [-0.3, -0.25) is 0 Å². The van der Waals surface area contributed by atoms with E-state index in [9.17, 15) is 9.90 Å². The average molecular weight is 402 g/mol. The topological polar surface area (TPSA) is 83.5 Å². The van der Waals surface area contributed by atoms with Crippen molar-refractivity contribution in [3.8, 4) is 11.5 Å². The summed E-state index contributed by atoms with van der Waals surface area (Å²) in [7, 11) is 2.99. The van der Waals surface area contributed by atoms with Crippen LogP contribution in [0.1, 0.15) is 28.8 Å². The zero-order valence-corrected chi connectivity index (χ0v) is 16.6. The third-order valence-corrected chi connectivity index (χ3v) is 4.65. The van der Waals surface area contributed by atoms with Crippen molar-refractivity contribution in [3.63, 3.8) is 0 Å². The smallest absolute Gasteiger partial charge is 0.342 e. The highest BCUT2D eigenvalue weighted by Crippen LogP contribution is 2.27. The van der Waals surface area contributed by atoms with Crippen LogP contribution in [0, 0.1) is 0 Å². The molecule has 0 saturated carbocycles. The Kier molecular flexibility index (Phi) is 7.46. The number of aliphatic hydroxyl groups excluding tert-OH is 1. The highest BCUT2D eigenvalue weighted by molar-refractivity contribution is 5.92. The van der Waals surface area contributed by atoms with Crippen LogP contribution in [0.5, 0.6) is 11.5 Å². The van der Waals surface area contributed by atoms with E-state index < -0.39 is 24.5 Å². The number of hydrogen-bond acceptors (Lipinski definition) is 7. The maximum atomic E-state index is 12.5. The molecule has 1 saturated heterocycles. The highest BCUT2D eigenvalue weighted by atomic mass is 16.7. The summed E-state index contributed by atoms with van der Waals surface area (Å²) in [6, 6.07) is 14.7. The lowest BCUT2D eigenvalue weighted by Gasteiger charge is -2.31. The Hall–Kier alpha value is -2.61. The van der Waals surface area contributed by atoms with Gasteiger partial charge < -0.3 is 28.8 Å². The van der Waals surface area contributed by atoms with E-state index in [2.05, 4.69) is 0 Å². The first kappa shape index (κ1) is 21.1. The number of esters is 1. The van der Waals surface area contributed by atoms with Gasteiger partial charge in [0.05, 0.1) is 19.3 Å². The minimum absolute atomic E-state index is 0.0190. The molecule has 3 atom stereocenters. The summed E-state index contributed by atoms with van der Waals surface area (Å²) >= 11 is 0. The molecule has 7 heteroatoms. The molecule has 3 rings (SSSR count). The van der Waals surface area contributed by atoms with Crippen LogP contribution in [0.2, 0.25) is 0 Å². The monoisotopic (exact) mass is 402 g/mol. The fraction of sp³-hybridized carbons (Fsp3) is 0.409. The average Bonchev–Trinajstić information content (AvgIpc) is 2.76. The van der Waals surface area contributed by atoms with Crippen LogP contribution in [0.4, 0.5) is 0 Å². The number of rotatable bonds is 8. The molecule has 1 heterocycles. The lowest BCUT2D eigenvalue weighted by atomic mass is 10.1. The Balaban J connectivity index is 1.58. The third-order valence-electron chi connectivity index (χ3n) is 4.65. The molecule has 7 nitrogen and oxygen atoms in total. The van der Waals surface area contributed by atoms with Crippen molar-refractivity contribution in [1.29, 1.82) is 0 Å². The van der Waals surface area contributed by atoms with E-state index in [1.54, 1.807) is 18.2 Å². The van der Waals surface area contributed by atoms with Crippen LogP contribution in [-0.4, -0.2) is 50.4 Å². The molecule has 29 heavy (non-hydrogen) atoms. The highest BCUT2D eigenvalue weighted by Gasteiger charge is 2.29. The summed E-state index contributed by atoms with van der Waals surface area (Å²) in [5.74, 6) is 0.415. The van der Waals surface area contributed by atoms with Gasteiger partial charge >= 0.3 is 5.97 Å². The summed E-state index contributed by atoms with van der Waals surface area (Å²) in [6.45, 7) is 0.432. The van der Waals surface area contributed by atoms with Gasteiger partial charge in [0.1, 0.15) is 30.3 Å². The Morgan fingerprint density at radius 1 is 1.14 bits per heavy atom. The molecule has 1 fully saturated rings. The second-order valence-corrected chi connectivity index (χ2v) is 6.78. The second kappa shape index (κ2) is 10.2. The Bertz CT molecular complexity index is 793. The molecular formula is C22H26O7. The van der Waals surface area contributed by atoms with E-state index in [-0.39, 0.29) is 6.61 Å². The van der Waals surface area contributed by atoms with Crippen molar-refractivity contribution in [1.82, 2.24) is 0 Å². The number of carbonyl (C=O) groups excluding carboxylic acids is 1. The molecular weight excluding hydrogens is 376 g/mol. The first-order valence-electron chi connectivity index (χ1n) is 9.47. The molecule has 1 aliphatic heterocycles. The number of methoxy groups -OCH3 is 2. The van der Waals surface area contributed by atoms with Crippen molar-refractivity contribution in [2.24, 2.45) is 0 Å². The number of carbonyl (C=O) groups is 1. The predicted molar refractivity (Wildman–Crippen MR) is 105 cm³/mol. The molecule has 3 unspecified atom stereocenters. The van der Waals surface area contributed by atoms with Crippen LogP contribution in [0.25, 0.3) is 0 Å². The normalized spacial score (nSPS) is 21.4. The molecule has 0 spiro atoms. The van der Waals surface area contributed by atoms with E-state index in [4.69, 9.17) is 23.7 Å². The summed E-state index contributed by atoms with van der Waals surface area (Å²) in [5.41, 5.74) is 1.33. The van der Waals surface area contributed by atoms with Crippen molar-refractivity contribution in [2.45, 2.75) is 37.9 Å². The van der Waals surface area contributed by atoms with Gasteiger partial charge in [0.15, 0.2) is 6.29 Å². The number of hydrogen-bond donors (Lipinski definition) is 1. The van der Waals surface area contributed by atoms with Crippen molar-refractivity contribution in [3.05, 3.63) is 59.7 Å². The molecule has 0 amide bonds. The van der Waals surface area contributed by atoms with Gasteiger partial charge in [-0.25, -0.2) is 4.79 Å². The molecule has 156 valence electrons. The van der Waals surface area contributed by atoms with Gasteiger partial charge in [0.2, 0.25) is 0 Å². The predicted octanol–water partition coefficient (Wildman–Crippen LogP) is 2.94. The maximum Gasteiger partial charge on any atom is 0.342 e. The largest absolute Gasteiger partial charge is 0.496 e. The van der Waals surface area contributed by atoms with E-state index in [1.807, 2.05) is 30.3 Å². The van der Waals surface area contributed by atoms with Crippen LogP contribution >= 0.6 is 0 Å². The zero-order chi connectivity index (χ0) is 20.6. The number of ether oxygens (including phenoxy) is 5. The van der Waals surface area contributed by atoms with Gasteiger partial charge in [0.25, 0.3) is 0 Å². The molecule has 0 aliphatic carbocycles. The summed E-state index contributed by atoms with van der Waals surface area (Å²) in [6.07, 6.45) is -0.686. The van der Waals surface area contributed by atoms with Crippen molar-refractivity contribution < 1.29 is 33.6 Å². The number of benzene rings is 2. The minimum atomic E-state index is -0.548. The summed E-state index contributed by atoms with van der Waals surface area (Å²) < 4.78 is 27.2. The van der Waals surface area contributed by atoms with Gasteiger partial charge in [-0.05, 0) is 17.7 Å². The molecule has 2 aromatic rings. The third kappa shape index (κ3) is 5.93. The quantitative estimate of drug-likeness (QED) is 0.680. The van der Waals surface area contributed by atoms with Crippen LogP contribution in [-0.2, 0) is 20.8 Å². The first-order chi connectivity index (χ1) is 14.1. The zero-order valence-electron chi connectivity index (χ0n) is 16.6. The lowest BCUT2D eigenvalue weighted by Crippen LogP contribution is -2.39. The Labute approximate surface area is 170 Å². The summed E-state index contributed by atoms with van der Waals surface area (Å²) in [4.78, 5) is 12.5. The molecule has 0 aromatic heterocycles. The van der Waals surface area contributed by atoms with Crippen LogP contribution in [0.3, 0.4) is 0 Å². The standard InChI is InChI=1S/C22H26O7/c1-25-20-12-17(27-13-15-6-4-3-5-7-15)8-9-19(20)22(24)28-14-18-10-16(23)11-21(26-2)29-18/h3-9,12,16,18,21,23H,10-11,13-14H2,1-2H3. The molecule has 2 aromatic carbocycles. The second-order valence-electron chi connectivity index (χ2n) is 6.78. The summed E-state index contributed by atoms with van der Waals surface area (Å²) in [5, 5.41) is 9.87. The fourth-order valence-corrected chi connectivity index (χ4v) is 3.12. The lowest BCUT2D eigenvalue weighted by molar-refractivity contribution is -0.210. The van der Waals surface area contributed by atoms with E-state index in [0.717, 1.165) is 5.56 Å². The van der Waals surface area contributed by atoms with Gasteiger partial charge in [-0.1, -0.05) is 30.3 Å². The van der Waals surface area contributed by atoms with Gasteiger partial charge in [0, 0.05) is 26.0 Å². The maximum absolute atomic E-state index is 12.5. The molecule has 0 radical (unpaired) electrons. The molecule has 0 bridgehead atoms. The van der Waals surface area contributed by atoms with Crippen LogP contribution in [0.15, 0.2) is 48.5 Å². The first-order valence-corrected chi connectivity index (χ1v) is 9.47. The van der Waals surface area contributed by atoms with Gasteiger partial charge in [-0.15, -0.1) is 0 Å². The minimum Gasteiger partial charge on any atom is -0.496 e. The molecule has 1 aliphatic rings. The van der Waals surface area contributed by atoms with Crippen LogP contribution < -0.4 is 9.47 Å². The fourth-order valence-electron chi connectivity index (χ4n) is 3.12. The van der Waals surface area contributed by atoms with E-state index in [0.29, 0.717) is 36.5 Å². The van der Waals surface area contributed by atoms with E-state index >= 15 is 0 Å². The van der Waals surface area contributed by atoms with Crippen molar-refractivity contribution >= 4 is 5.97 Å². The van der Waals surface area contributed by atoms with Gasteiger partial charge in [-0.2, -0.15) is 0 Å². The van der Waals surface area contributed by atoms with E-state index in [1.165, 1.54) is 14.2 Å². The Morgan fingerprint density at radius 2 is 1.93 bits per heavy atom. The van der Waals surface area contributed by atoms with Crippen molar-refractivity contribution in [2.75, 3.05) is 20.8 Å².